The van der Waals surface area contributed by atoms with E-state index in [9.17, 15) is 0 Å². The zero-order valence-corrected chi connectivity index (χ0v) is 18.7. The predicted octanol–water partition coefficient (Wildman–Crippen LogP) is 5.79. The Bertz CT molecular complexity index is 402. The first-order chi connectivity index (χ1) is 10.5. The van der Waals surface area contributed by atoms with Crippen LogP contribution >= 0.6 is 0 Å². The zero-order chi connectivity index (χ0) is 17.4. The van der Waals surface area contributed by atoms with Crippen molar-refractivity contribution in [3.8, 4) is 0 Å². The van der Waals surface area contributed by atoms with Gasteiger partial charge in [-0.05, 0) is 0 Å². The predicted molar refractivity (Wildman–Crippen MR) is 103 cm³/mol. The summed E-state index contributed by atoms with van der Waals surface area (Å²) < 4.78 is 0. The summed E-state index contributed by atoms with van der Waals surface area (Å²) in [6.07, 6.45) is 2.32. The minimum absolute atomic E-state index is 0. The molecule has 0 atom stereocenters. The molecule has 0 fully saturated rings. The van der Waals surface area contributed by atoms with Gasteiger partial charge in [-0.3, -0.25) is 0 Å². The molecule has 2 nitrogen and oxygen atoms in total. The largest absolute Gasteiger partial charge is 4.00 e. The van der Waals surface area contributed by atoms with Crippen molar-refractivity contribution in [1.29, 1.82) is 0 Å². The minimum atomic E-state index is 0. The van der Waals surface area contributed by atoms with Crippen molar-refractivity contribution >= 4 is 0 Å². The van der Waals surface area contributed by atoms with E-state index in [4.69, 9.17) is 0 Å². The Balaban J connectivity index is -0.000000253. The van der Waals surface area contributed by atoms with Gasteiger partial charge in [-0.15, -0.1) is 0 Å². The summed E-state index contributed by atoms with van der Waals surface area (Å²) in [5, 5.41) is 7.00. The summed E-state index contributed by atoms with van der Waals surface area (Å²) in [4.78, 5) is 0. The molecule has 0 saturated carbocycles. The third kappa shape index (κ3) is 17.7. The van der Waals surface area contributed by atoms with Gasteiger partial charge in [0.2, 0.25) is 0 Å². The Hall–Kier alpha value is -0.497. The van der Waals surface area contributed by atoms with Gasteiger partial charge in [0.15, 0.2) is 0 Å². The van der Waals surface area contributed by atoms with Gasteiger partial charge in [0.1, 0.15) is 0 Å². The number of hydrogen-bond acceptors (Lipinski definition) is 0. The molecule has 0 unspecified atom stereocenters. The topological polar surface area (TPSA) is 28.2 Å². The van der Waals surface area contributed by atoms with E-state index in [1.54, 1.807) is 28.2 Å². The first-order valence-electron chi connectivity index (χ1n) is 7.89. The van der Waals surface area contributed by atoms with E-state index in [0.29, 0.717) is 0 Å². The molecule has 0 spiro atoms. The molecule has 128 valence electrons. The minimum Gasteiger partial charge on any atom is -0.668 e. The van der Waals surface area contributed by atoms with Crippen LogP contribution in [-0.2, 0) is 39.0 Å². The van der Waals surface area contributed by atoms with Crippen LogP contribution in [0.3, 0.4) is 0 Å². The van der Waals surface area contributed by atoms with Crippen LogP contribution in [0.4, 0.5) is 0 Å². The van der Waals surface area contributed by atoms with E-state index in [1.165, 1.54) is 22.3 Å². The summed E-state index contributed by atoms with van der Waals surface area (Å²) in [5.41, 5.74) is 5.65. The van der Waals surface area contributed by atoms with Crippen molar-refractivity contribution in [3.63, 3.8) is 0 Å². The van der Waals surface area contributed by atoms with Crippen LogP contribution in [-0.4, -0.2) is 28.2 Å². The van der Waals surface area contributed by atoms with Gasteiger partial charge < -0.3 is 10.6 Å². The maximum atomic E-state index is 3.50. The van der Waals surface area contributed by atoms with E-state index in [-0.39, 0.29) is 26.2 Å². The summed E-state index contributed by atoms with van der Waals surface area (Å²) in [6, 6.07) is 13.1. The Kier molecular flexibility index (Phi) is 23.3. The van der Waals surface area contributed by atoms with Crippen LogP contribution in [0.2, 0.25) is 0 Å². The summed E-state index contributed by atoms with van der Waals surface area (Å²) in [7, 11) is 7.00. The molecule has 0 aliphatic rings. The third-order valence-electron chi connectivity index (χ3n) is 2.76. The van der Waals surface area contributed by atoms with E-state index in [2.05, 4.69) is 74.7 Å². The second-order valence-electron chi connectivity index (χ2n) is 5.19. The monoisotopic (exact) mass is 392 g/mol. The summed E-state index contributed by atoms with van der Waals surface area (Å²) in [6.45, 7) is 8.60. The van der Waals surface area contributed by atoms with E-state index in [0.717, 1.165) is 12.8 Å². The van der Waals surface area contributed by atoms with Gasteiger partial charge in [0.05, 0.1) is 0 Å². The molecule has 0 amide bonds. The first kappa shape index (κ1) is 27.4. The average molecular weight is 394 g/mol. The van der Waals surface area contributed by atoms with Crippen LogP contribution in [0.15, 0.2) is 36.4 Å². The van der Waals surface area contributed by atoms with E-state index < -0.39 is 0 Å². The molecule has 3 heteroatoms. The van der Waals surface area contributed by atoms with Gasteiger partial charge in [-0.25, -0.2) is 23.3 Å². The molecule has 0 aliphatic carbocycles. The van der Waals surface area contributed by atoms with Crippen LogP contribution in [0.25, 0.3) is 10.6 Å². The van der Waals surface area contributed by atoms with Crippen molar-refractivity contribution in [2.75, 3.05) is 28.2 Å². The Morgan fingerprint density at radius 3 is 1.09 bits per heavy atom. The molecular formula is C20H34N2Zr. The Labute approximate surface area is 163 Å². The molecule has 2 aromatic rings. The molecule has 0 aromatic heterocycles. The molecule has 0 aliphatic heterocycles. The maximum Gasteiger partial charge on any atom is 4.00 e. The normalized spacial score (nSPS) is 8.35. The van der Waals surface area contributed by atoms with Crippen molar-refractivity contribution in [2.24, 2.45) is 0 Å². The molecule has 2 aromatic carbocycles. The van der Waals surface area contributed by atoms with Gasteiger partial charge in [0, 0.05) is 0 Å². The fraction of sp³-hybridized carbons (Fsp3) is 0.500. The Morgan fingerprint density at radius 1 is 0.739 bits per heavy atom. The van der Waals surface area contributed by atoms with Crippen LogP contribution in [0, 0.1) is 13.8 Å². The average Bonchev–Trinajstić information content (AvgIpc) is 3.09. The van der Waals surface area contributed by atoms with Gasteiger partial charge in [-0.1, -0.05) is 40.5 Å². The molecule has 0 saturated heterocycles. The van der Waals surface area contributed by atoms with Crippen molar-refractivity contribution < 1.29 is 26.2 Å². The van der Waals surface area contributed by atoms with Crippen LogP contribution in [0.5, 0.6) is 0 Å². The third-order valence-corrected chi connectivity index (χ3v) is 2.76. The van der Waals surface area contributed by atoms with Crippen molar-refractivity contribution in [1.82, 2.24) is 0 Å². The maximum absolute atomic E-state index is 3.50. The van der Waals surface area contributed by atoms with Crippen molar-refractivity contribution in [3.05, 3.63) is 69.3 Å². The van der Waals surface area contributed by atoms with E-state index >= 15 is 0 Å². The van der Waals surface area contributed by atoms with Crippen LogP contribution < -0.4 is 0 Å². The molecule has 23 heavy (non-hydrogen) atoms. The molecule has 0 N–H and O–H groups in total. The molecule has 0 bridgehead atoms. The van der Waals surface area contributed by atoms with Gasteiger partial charge in [0.25, 0.3) is 0 Å². The number of aryl methyl sites for hydroxylation is 4. The number of nitrogens with zero attached hydrogens (tertiary/aromatic N) is 2. The van der Waals surface area contributed by atoms with E-state index in [1.807, 2.05) is 0 Å². The van der Waals surface area contributed by atoms with Gasteiger partial charge in [-0.2, -0.15) is 63.6 Å². The number of hydrogen-bond donors (Lipinski definition) is 0. The quantitative estimate of drug-likeness (QED) is 0.578. The SMILES string of the molecule is CC[c-]1ccc(C)c1.CC[c-]1ccc(C)c1.C[N-]C.C[N-]C.[Zr+4]. The summed E-state index contributed by atoms with van der Waals surface area (Å²) in [5.74, 6) is 0. The first-order valence-corrected chi connectivity index (χ1v) is 7.89. The van der Waals surface area contributed by atoms with Crippen molar-refractivity contribution in [2.45, 2.75) is 40.5 Å². The second kappa shape index (κ2) is 19.5. The standard InChI is InChI=1S/2C8H11.2C2H6N.Zr/c2*1-3-8-5-4-7(2)6-8;2*1-3-2;/h2*4-6H,3H2,1-2H3;2*1-2H3;/q4*-1;+4. The zero-order valence-electron chi connectivity index (χ0n) is 16.3. The fourth-order valence-electron chi connectivity index (χ4n) is 1.69. The van der Waals surface area contributed by atoms with Gasteiger partial charge >= 0.3 is 26.2 Å². The molecule has 2 rings (SSSR count). The molecular weight excluding hydrogens is 359 g/mol. The van der Waals surface area contributed by atoms with Crippen LogP contribution in [0.1, 0.15) is 36.1 Å². The fourth-order valence-corrected chi connectivity index (χ4v) is 1.69. The second-order valence-corrected chi connectivity index (χ2v) is 5.19. The summed E-state index contributed by atoms with van der Waals surface area (Å²) >= 11 is 0. The molecule has 0 radical (unpaired) electrons. The smallest absolute Gasteiger partial charge is 0.668 e. The Morgan fingerprint density at radius 2 is 1.00 bits per heavy atom. The number of rotatable bonds is 2. The molecule has 0 heterocycles.